The van der Waals surface area contributed by atoms with Crippen LogP contribution >= 0.6 is 0 Å². The minimum Gasteiger partial charge on any atom is -0.350 e. The number of hydrogen-bond donors (Lipinski definition) is 3. The topological polar surface area (TPSA) is 73.5 Å². The van der Waals surface area contributed by atoms with Gasteiger partial charge >= 0.3 is 0 Å². The quantitative estimate of drug-likeness (QED) is 0.656. The Morgan fingerprint density at radius 2 is 1.52 bits per heavy atom. The minimum absolute atomic E-state index is 0.00115. The lowest BCUT2D eigenvalue weighted by atomic mass is 9.53. The van der Waals surface area contributed by atoms with Gasteiger partial charge in [0.05, 0.1) is 0 Å². The van der Waals surface area contributed by atoms with Crippen LogP contribution in [-0.4, -0.2) is 48.5 Å². The molecule has 4 aliphatic carbocycles. The number of carbonyl (C=O) groups excluding carboxylic acids is 2. The highest BCUT2D eigenvalue weighted by Gasteiger charge is 2.51. The predicted octanol–water partition coefficient (Wildman–Crippen LogP) is 0.398. The fourth-order valence-corrected chi connectivity index (χ4v) is 5.74. The van der Waals surface area contributed by atoms with Crippen molar-refractivity contribution >= 4 is 11.8 Å². The van der Waals surface area contributed by atoms with Crippen molar-refractivity contribution in [2.45, 2.75) is 50.5 Å². The average molecular weight is 320 g/mol. The summed E-state index contributed by atoms with van der Waals surface area (Å²) >= 11 is 0. The molecule has 4 saturated carbocycles. The maximum Gasteiger partial charge on any atom is 0.243 e. The SMILES string of the molecule is O=C(CC(=O)NC12CC3CC(CC(C3)C1)C2)NN1CCNCC1. The van der Waals surface area contributed by atoms with Crippen molar-refractivity contribution in [1.82, 2.24) is 21.1 Å². The van der Waals surface area contributed by atoms with Crippen LogP contribution in [0.3, 0.4) is 0 Å². The molecule has 4 bridgehead atoms. The van der Waals surface area contributed by atoms with E-state index in [0.717, 1.165) is 63.2 Å². The molecule has 23 heavy (non-hydrogen) atoms. The first-order chi connectivity index (χ1) is 11.1. The van der Waals surface area contributed by atoms with Gasteiger partial charge in [0.2, 0.25) is 11.8 Å². The zero-order valence-electron chi connectivity index (χ0n) is 13.8. The van der Waals surface area contributed by atoms with Crippen LogP contribution in [0, 0.1) is 17.8 Å². The van der Waals surface area contributed by atoms with Gasteiger partial charge in [0, 0.05) is 31.7 Å². The fourth-order valence-electron chi connectivity index (χ4n) is 5.74. The van der Waals surface area contributed by atoms with Gasteiger partial charge in [0.25, 0.3) is 0 Å². The molecular weight excluding hydrogens is 292 g/mol. The standard InChI is InChI=1S/C17H28N4O2/c22-15(8-16(23)20-21-3-1-18-2-4-21)19-17-9-12-5-13(10-17)7-14(6-12)11-17/h12-14,18H,1-11H2,(H,19,22)(H,20,23). The number of nitrogens with one attached hydrogen (secondary N) is 3. The van der Waals surface area contributed by atoms with Gasteiger partial charge in [-0.15, -0.1) is 0 Å². The highest BCUT2D eigenvalue weighted by molar-refractivity contribution is 5.97. The number of piperazine rings is 1. The van der Waals surface area contributed by atoms with Crippen LogP contribution < -0.4 is 16.1 Å². The van der Waals surface area contributed by atoms with Crippen molar-refractivity contribution < 1.29 is 9.59 Å². The summed E-state index contributed by atoms with van der Waals surface area (Å²) < 4.78 is 0. The van der Waals surface area contributed by atoms with E-state index in [1.807, 2.05) is 5.01 Å². The fraction of sp³-hybridized carbons (Fsp3) is 0.882. The zero-order chi connectivity index (χ0) is 15.9. The number of hydrazine groups is 1. The van der Waals surface area contributed by atoms with E-state index in [0.29, 0.717) is 0 Å². The lowest BCUT2D eigenvalue weighted by molar-refractivity contribution is -0.135. The molecule has 6 heteroatoms. The van der Waals surface area contributed by atoms with E-state index >= 15 is 0 Å². The van der Waals surface area contributed by atoms with Crippen molar-refractivity contribution in [2.75, 3.05) is 26.2 Å². The van der Waals surface area contributed by atoms with E-state index in [9.17, 15) is 9.59 Å². The van der Waals surface area contributed by atoms with Gasteiger partial charge in [-0.3, -0.25) is 15.0 Å². The van der Waals surface area contributed by atoms with E-state index < -0.39 is 0 Å². The normalized spacial score (nSPS) is 39.2. The van der Waals surface area contributed by atoms with E-state index in [1.54, 1.807) is 0 Å². The number of nitrogens with zero attached hydrogens (tertiary/aromatic N) is 1. The van der Waals surface area contributed by atoms with Crippen molar-refractivity contribution in [2.24, 2.45) is 17.8 Å². The monoisotopic (exact) mass is 320 g/mol. The molecule has 128 valence electrons. The van der Waals surface area contributed by atoms with Crippen LogP contribution in [0.5, 0.6) is 0 Å². The Labute approximate surface area is 137 Å². The lowest BCUT2D eigenvalue weighted by Gasteiger charge is -2.56. The molecule has 5 fully saturated rings. The maximum absolute atomic E-state index is 12.4. The molecule has 0 radical (unpaired) electrons. The minimum atomic E-state index is -0.186. The van der Waals surface area contributed by atoms with Gasteiger partial charge in [-0.1, -0.05) is 0 Å². The number of hydrogen-bond acceptors (Lipinski definition) is 4. The van der Waals surface area contributed by atoms with Gasteiger partial charge in [-0.05, 0) is 56.3 Å². The molecule has 3 N–H and O–H groups in total. The molecule has 1 aliphatic heterocycles. The first-order valence-corrected chi connectivity index (χ1v) is 9.16. The van der Waals surface area contributed by atoms with Crippen LogP contribution in [0.15, 0.2) is 0 Å². The Morgan fingerprint density at radius 1 is 0.957 bits per heavy atom. The van der Waals surface area contributed by atoms with Gasteiger partial charge in [0.1, 0.15) is 6.42 Å². The van der Waals surface area contributed by atoms with Gasteiger partial charge in [-0.25, -0.2) is 5.01 Å². The summed E-state index contributed by atoms with van der Waals surface area (Å²) in [7, 11) is 0. The summed E-state index contributed by atoms with van der Waals surface area (Å²) in [4.78, 5) is 24.5. The van der Waals surface area contributed by atoms with Crippen molar-refractivity contribution in [3.8, 4) is 0 Å². The Morgan fingerprint density at radius 3 is 2.09 bits per heavy atom. The maximum atomic E-state index is 12.4. The molecule has 0 unspecified atom stereocenters. The summed E-state index contributed by atoms with van der Waals surface area (Å²) in [5, 5.41) is 8.40. The Bertz CT molecular complexity index is 452. The molecular formula is C17H28N4O2. The molecule has 0 aromatic rings. The third kappa shape index (κ3) is 3.38. The summed E-state index contributed by atoms with van der Waals surface area (Å²) in [5.41, 5.74) is 2.85. The largest absolute Gasteiger partial charge is 0.350 e. The van der Waals surface area contributed by atoms with Crippen LogP contribution in [-0.2, 0) is 9.59 Å². The molecule has 0 atom stereocenters. The average Bonchev–Trinajstić information content (AvgIpc) is 2.45. The molecule has 5 aliphatic rings. The highest BCUT2D eigenvalue weighted by atomic mass is 16.2. The Kier molecular flexibility index (Phi) is 4.05. The van der Waals surface area contributed by atoms with Gasteiger partial charge in [0.15, 0.2) is 0 Å². The highest BCUT2D eigenvalue weighted by Crippen LogP contribution is 2.55. The van der Waals surface area contributed by atoms with Crippen LogP contribution in [0.25, 0.3) is 0 Å². The summed E-state index contributed by atoms with van der Waals surface area (Å²) in [5.74, 6) is 2.12. The van der Waals surface area contributed by atoms with Gasteiger partial charge < -0.3 is 10.6 Å². The first kappa shape index (κ1) is 15.4. The second-order valence-corrected chi connectivity index (χ2v) is 8.19. The molecule has 0 spiro atoms. The van der Waals surface area contributed by atoms with E-state index in [-0.39, 0.29) is 23.8 Å². The molecule has 1 saturated heterocycles. The number of carbonyl (C=O) groups is 2. The second-order valence-electron chi connectivity index (χ2n) is 8.19. The predicted molar refractivity (Wildman–Crippen MR) is 86.2 cm³/mol. The summed E-state index contributed by atoms with van der Waals surface area (Å²) in [6, 6.07) is 0. The summed E-state index contributed by atoms with van der Waals surface area (Å²) in [6.07, 6.45) is 7.42. The molecule has 0 aromatic carbocycles. The molecule has 5 rings (SSSR count). The molecule has 1 heterocycles. The van der Waals surface area contributed by atoms with Crippen LogP contribution in [0.4, 0.5) is 0 Å². The zero-order valence-corrected chi connectivity index (χ0v) is 13.8. The van der Waals surface area contributed by atoms with E-state index in [2.05, 4.69) is 16.1 Å². The van der Waals surface area contributed by atoms with Crippen LogP contribution in [0.2, 0.25) is 0 Å². The van der Waals surface area contributed by atoms with E-state index in [4.69, 9.17) is 0 Å². The van der Waals surface area contributed by atoms with Gasteiger partial charge in [-0.2, -0.15) is 0 Å². The van der Waals surface area contributed by atoms with E-state index in [1.165, 1.54) is 19.3 Å². The second kappa shape index (κ2) is 6.06. The number of rotatable bonds is 4. The Hall–Kier alpha value is -1.14. The summed E-state index contributed by atoms with van der Waals surface area (Å²) in [6.45, 7) is 3.34. The molecule has 6 nitrogen and oxygen atoms in total. The van der Waals surface area contributed by atoms with Crippen molar-refractivity contribution in [3.63, 3.8) is 0 Å². The third-order valence-electron chi connectivity index (χ3n) is 6.16. The number of amides is 2. The molecule has 2 amide bonds. The van der Waals surface area contributed by atoms with Crippen molar-refractivity contribution in [1.29, 1.82) is 0 Å². The molecule has 0 aromatic heterocycles. The Balaban J connectivity index is 1.29. The van der Waals surface area contributed by atoms with Crippen LogP contribution in [0.1, 0.15) is 44.9 Å². The smallest absolute Gasteiger partial charge is 0.243 e. The van der Waals surface area contributed by atoms with Crippen molar-refractivity contribution in [3.05, 3.63) is 0 Å². The lowest BCUT2D eigenvalue weighted by Crippen LogP contribution is -2.60. The first-order valence-electron chi connectivity index (χ1n) is 9.16. The third-order valence-corrected chi connectivity index (χ3v) is 6.16.